The van der Waals surface area contributed by atoms with Crippen LogP contribution < -0.4 is 10.6 Å². The summed E-state index contributed by atoms with van der Waals surface area (Å²) in [7, 11) is 0. The first-order valence-corrected chi connectivity index (χ1v) is 8.36. The van der Waals surface area contributed by atoms with Gasteiger partial charge in [-0.25, -0.2) is 4.98 Å². The number of aliphatic imine (C=N–C) groups is 1. The summed E-state index contributed by atoms with van der Waals surface area (Å²) in [5.74, 6) is 0.947. The standard InChI is InChI=1S/C15H26N4S/c1-5-16-14(18-11-6-7-11)17-9-8-13-19-12(10-20-13)15(2,3)4/h10-11H,5-9H2,1-4H3,(H2,16,17,18). The maximum Gasteiger partial charge on any atom is 0.191 e. The molecule has 5 heteroatoms. The molecule has 1 heterocycles. The molecule has 0 aliphatic heterocycles. The van der Waals surface area contributed by atoms with Gasteiger partial charge < -0.3 is 10.6 Å². The highest BCUT2D eigenvalue weighted by Gasteiger charge is 2.22. The first kappa shape index (κ1) is 15.3. The van der Waals surface area contributed by atoms with Gasteiger partial charge in [-0.1, -0.05) is 20.8 Å². The lowest BCUT2D eigenvalue weighted by molar-refractivity contribution is 0.571. The fourth-order valence-corrected chi connectivity index (χ4v) is 2.79. The van der Waals surface area contributed by atoms with Gasteiger partial charge in [-0.15, -0.1) is 11.3 Å². The van der Waals surface area contributed by atoms with E-state index in [1.165, 1.54) is 23.5 Å². The van der Waals surface area contributed by atoms with Gasteiger partial charge in [0, 0.05) is 36.3 Å². The van der Waals surface area contributed by atoms with E-state index < -0.39 is 0 Å². The summed E-state index contributed by atoms with van der Waals surface area (Å²) in [5, 5.41) is 10.1. The minimum absolute atomic E-state index is 0.139. The largest absolute Gasteiger partial charge is 0.357 e. The van der Waals surface area contributed by atoms with Gasteiger partial charge >= 0.3 is 0 Å². The van der Waals surface area contributed by atoms with Crippen molar-refractivity contribution in [2.75, 3.05) is 13.1 Å². The number of hydrogen-bond donors (Lipinski definition) is 2. The zero-order valence-electron chi connectivity index (χ0n) is 13.0. The zero-order chi connectivity index (χ0) is 14.6. The van der Waals surface area contributed by atoms with E-state index in [1.54, 1.807) is 11.3 Å². The monoisotopic (exact) mass is 294 g/mol. The zero-order valence-corrected chi connectivity index (χ0v) is 13.8. The second-order valence-corrected chi connectivity index (χ2v) is 7.25. The van der Waals surface area contributed by atoms with E-state index in [1.807, 2.05) is 0 Å². The number of hydrogen-bond acceptors (Lipinski definition) is 3. The fraction of sp³-hybridized carbons (Fsp3) is 0.733. The molecule has 112 valence electrons. The van der Waals surface area contributed by atoms with E-state index in [0.717, 1.165) is 25.5 Å². The van der Waals surface area contributed by atoms with Gasteiger partial charge in [0.2, 0.25) is 0 Å². The van der Waals surface area contributed by atoms with Crippen LogP contribution in [0.5, 0.6) is 0 Å². The van der Waals surface area contributed by atoms with Crippen LogP contribution in [0.3, 0.4) is 0 Å². The molecule has 0 saturated heterocycles. The van der Waals surface area contributed by atoms with Crippen molar-refractivity contribution in [3.63, 3.8) is 0 Å². The molecule has 1 aromatic rings. The summed E-state index contributed by atoms with van der Waals surface area (Å²) in [6.07, 6.45) is 3.46. The molecule has 1 fully saturated rings. The van der Waals surface area contributed by atoms with Crippen LogP contribution in [0.1, 0.15) is 51.2 Å². The van der Waals surface area contributed by atoms with Gasteiger partial charge in [-0.3, -0.25) is 4.99 Å². The minimum atomic E-state index is 0.139. The van der Waals surface area contributed by atoms with E-state index in [-0.39, 0.29) is 5.41 Å². The van der Waals surface area contributed by atoms with Crippen molar-refractivity contribution in [3.8, 4) is 0 Å². The van der Waals surface area contributed by atoms with Crippen LogP contribution >= 0.6 is 11.3 Å². The van der Waals surface area contributed by atoms with Crippen LogP contribution in [0.4, 0.5) is 0 Å². The van der Waals surface area contributed by atoms with Crippen molar-refractivity contribution in [2.45, 2.75) is 58.4 Å². The van der Waals surface area contributed by atoms with Crippen molar-refractivity contribution in [3.05, 3.63) is 16.1 Å². The predicted molar refractivity (Wildman–Crippen MR) is 86.7 cm³/mol. The molecular weight excluding hydrogens is 268 g/mol. The summed E-state index contributed by atoms with van der Waals surface area (Å²) in [4.78, 5) is 9.33. The van der Waals surface area contributed by atoms with Crippen LogP contribution in [-0.2, 0) is 11.8 Å². The highest BCUT2D eigenvalue weighted by atomic mass is 32.1. The lowest BCUT2D eigenvalue weighted by Gasteiger charge is -2.14. The first-order chi connectivity index (χ1) is 9.49. The summed E-state index contributed by atoms with van der Waals surface area (Å²) >= 11 is 1.75. The van der Waals surface area contributed by atoms with Crippen molar-refractivity contribution in [2.24, 2.45) is 4.99 Å². The molecule has 20 heavy (non-hydrogen) atoms. The minimum Gasteiger partial charge on any atom is -0.357 e. The Morgan fingerprint density at radius 2 is 2.20 bits per heavy atom. The summed E-state index contributed by atoms with van der Waals surface area (Å²) in [6.45, 7) is 10.4. The number of aromatic nitrogens is 1. The lowest BCUT2D eigenvalue weighted by atomic mass is 9.93. The molecule has 1 aliphatic carbocycles. The second-order valence-electron chi connectivity index (χ2n) is 6.31. The number of thiazole rings is 1. The topological polar surface area (TPSA) is 49.3 Å². The van der Waals surface area contributed by atoms with Gasteiger partial charge in [0.1, 0.15) is 0 Å². The van der Waals surface area contributed by atoms with Crippen molar-refractivity contribution in [1.29, 1.82) is 0 Å². The predicted octanol–water partition coefficient (Wildman–Crippen LogP) is 2.70. The second kappa shape index (κ2) is 6.57. The molecule has 0 aromatic carbocycles. The molecule has 2 rings (SSSR count). The van der Waals surface area contributed by atoms with Gasteiger partial charge in [0.15, 0.2) is 5.96 Å². The highest BCUT2D eigenvalue weighted by molar-refractivity contribution is 7.09. The molecule has 0 radical (unpaired) electrons. The Morgan fingerprint density at radius 1 is 1.45 bits per heavy atom. The van der Waals surface area contributed by atoms with E-state index in [4.69, 9.17) is 4.98 Å². The highest BCUT2D eigenvalue weighted by Crippen LogP contribution is 2.24. The van der Waals surface area contributed by atoms with Crippen molar-refractivity contribution in [1.82, 2.24) is 15.6 Å². The molecule has 1 aromatic heterocycles. The maximum absolute atomic E-state index is 4.71. The Morgan fingerprint density at radius 3 is 2.75 bits per heavy atom. The molecule has 4 nitrogen and oxygen atoms in total. The molecule has 0 unspecified atom stereocenters. The third-order valence-corrected chi connectivity index (χ3v) is 4.09. The number of nitrogens with one attached hydrogen (secondary N) is 2. The Hall–Kier alpha value is -1.10. The van der Waals surface area contributed by atoms with Crippen LogP contribution in [0.15, 0.2) is 10.4 Å². The van der Waals surface area contributed by atoms with E-state index >= 15 is 0 Å². The van der Waals surface area contributed by atoms with Crippen molar-refractivity contribution < 1.29 is 0 Å². The Balaban J connectivity index is 1.85. The van der Waals surface area contributed by atoms with Gasteiger partial charge in [-0.05, 0) is 19.8 Å². The lowest BCUT2D eigenvalue weighted by Crippen LogP contribution is -2.38. The molecule has 0 amide bonds. The summed E-state index contributed by atoms with van der Waals surface area (Å²) < 4.78 is 0. The smallest absolute Gasteiger partial charge is 0.191 e. The van der Waals surface area contributed by atoms with Crippen LogP contribution in [0.25, 0.3) is 0 Å². The molecule has 0 atom stereocenters. The van der Waals surface area contributed by atoms with E-state index in [9.17, 15) is 0 Å². The quantitative estimate of drug-likeness (QED) is 0.648. The summed E-state index contributed by atoms with van der Waals surface area (Å²) in [6, 6.07) is 0.639. The molecule has 0 bridgehead atoms. The number of guanidine groups is 1. The van der Waals surface area contributed by atoms with E-state index in [2.05, 4.69) is 48.7 Å². The molecule has 1 saturated carbocycles. The first-order valence-electron chi connectivity index (χ1n) is 7.48. The Labute approximate surface area is 126 Å². The normalized spacial score (nSPS) is 16.3. The van der Waals surface area contributed by atoms with Crippen LogP contribution in [0, 0.1) is 0 Å². The summed E-state index contributed by atoms with van der Waals surface area (Å²) in [5.41, 5.74) is 1.32. The Kier molecular flexibility index (Phi) is 5.02. The maximum atomic E-state index is 4.71. The molecule has 0 spiro atoms. The number of rotatable bonds is 5. The van der Waals surface area contributed by atoms with Gasteiger partial charge in [0.25, 0.3) is 0 Å². The third kappa shape index (κ3) is 4.78. The average molecular weight is 294 g/mol. The molecule has 1 aliphatic rings. The van der Waals surface area contributed by atoms with Gasteiger partial charge in [0.05, 0.1) is 10.7 Å². The molecule has 2 N–H and O–H groups in total. The van der Waals surface area contributed by atoms with Crippen LogP contribution in [-0.4, -0.2) is 30.1 Å². The van der Waals surface area contributed by atoms with E-state index in [0.29, 0.717) is 6.04 Å². The van der Waals surface area contributed by atoms with Crippen LogP contribution in [0.2, 0.25) is 0 Å². The number of nitrogens with zero attached hydrogens (tertiary/aromatic N) is 2. The Bertz CT molecular complexity index is 455. The van der Waals surface area contributed by atoms with Crippen molar-refractivity contribution >= 4 is 17.3 Å². The van der Waals surface area contributed by atoms with Gasteiger partial charge in [-0.2, -0.15) is 0 Å². The fourth-order valence-electron chi connectivity index (χ4n) is 1.77. The average Bonchev–Trinajstić information content (AvgIpc) is 3.03. The SMILES string of the molecule is CCNC(=NCCc1nc(C(C)(C)C)cs1)NC1CC1. The molecular formula is C15H26N4S. The third-order valence-electron chi connectivity index (χ3n) is 3.18.